The summed E-state index contributed by atoms with van der Waals surface area (Å²) in [6.45, 7) is 16.5. The van der Waals surface area contributed by atoms with E-state index in [9.17, 15) is 18.3 Å². The van der Waals surface area contributed by atoms with E-state index in [1.165, 1.54) is 0 Å². The molecule has 0 spiro atoms. The summed E-state index contributed by atoms with van der Waals surface area (Å²) >= 11 is 0. The second-order valence-electron chi connectivity index (χ2n) is 10.7. The summed E-state index contributed by atoms with van der Waals surface area (Å²) in [7, 11) is -1.80. The van der Waals surface area contributed by atoms with Crippen molar-refractivity contribution in [1.82, 2.24) is 0 Å². The number of aliphatic hydroxyl groups excluding tert-OH is 1. The maximum absolute atomic E-state index is 12.1. The number of benzene rings is 1. The van der Waals surface area contributed by atoms with Crippen molar-refractivity contribution in [3.8, 4) is 17.6 Å². The number of alkyl halides is 3. The summed E-state index contributed by atoms with van der Waals surface area (Å²) in [4.78, 5) is 0. The van der Waals surface area contributed by atoms with Crippen LogP contribution >= 0.6 is 0 Å². The summed E-state index contributed by atoms with van der Waals surface area (Å²) in [6.07, 6.45) is -5.11. The molecule has 0 aliphatic rings. The highest BCUT2D eigenvalue weighted by Gasteiger charge is 2.37. The zero-order valence-electron chi connectivity index (χ0n) is 22.3. The molecule has 0 bridgehead atoms. The Morgan fingerprint density at radius 1 is 1.00 bits per heavy atom. The third-order valence-electron chi connectivity index (χ3n) is 6.30. The first-order chi connectivity index (χ1) is 16.1. The van der Waals surface area contributed by atoms with Gasteiger partial charge in [-0.2, -0.15) is 13.2 Å². The molecular formula is C27H43F3O4Si. The molecule has 0 aliphatic heterocycles. The first-order valence-electron chi connectivity index (χ1n) is 12.3. The lowest BCUT2D eigenvalue weighted by molar-refractivity contribution is -0.136. The van der Waals surface area contributed by atoms with Crippen LogP contribution in [0, 0.1) is 23.7 Å². The van der Waals surface area contributed by atoms with Crippen LogP contribution in [0.2, 0.25) is 18.1 Å². The molecule has 0 radical (unpaired) electrons. The Bertz CT molecular complexity index is 792. The molecule has 200 valence electrons. The standard InChI is InChI=1S/C27H43F3O4Si/c1-21(19-34-35(6,7)26(3,4)5)9-14-25(31)22(2)15-18-32-20-23-10-12-24(13-11-23)33-17-8-16-27(28,29)30/h10-13,21-22,25,31H,8,15-20H2,1-7H3/t21-,22-,25?/m0/s1. The van der Waals surface area contributed by atoms with Gasteiger partial charge in [0.25, 0.3) is 0 Å². The van der Waals surface area contributed by atoms with Crippen LogP contribution in [0.5, 0.6) is 5.75 Å². The van der Waals surface area contributed by atoms with Crippen molar-refractivity contribution in [2.24, 2.45) is 11.8 Å². The summed E-state index contributed by atoms with van der Waals surface area (Å²) in [5.41, 5.74) is 0.941. The van der Waals surface area contributed by atoms with Gasteiger partial charge in [0.1, 0.15) is 11.9 Å². The van der Waals surface area contributed by atoms with E-state index >= 15 is 0 Å². The van der Waals surface area contributed by atoms with Crippen LogP contribution < -0.4 is 4.74 Å². The van der Waals surface area contributed by atoms with E-state index in [1.807, 2.05) is 26.0 Å². The maximum Gasteiger partial charge on any atom is 0.389 e. The Hall–Kier alpha value is -1.53. The number of halogens is 3. The van der Waals surface area contributed by atoms with Crippen LogP contribution in [0.3, 0.4) is 0 Å². The van der Waals surface area contributed by atoms with Gasteiger partial charge in [0.2, 0.25) is 0 Å². The van der Waals surface area contributed by atoms with E-state index in [0.29, 0.717) is 32.0 Å². The normalized spacial score (nSPS) is 15.2. The van der Waals surface area contributed by atoms with Crippen LogP contribution in [-0.2, 0) is 15.8 Å². The minimum atomic E-state index is -4.15. The van der Waals surface area contributed by atoms with Gasteiger partial charge in [-0.3, -0.25) is 0 Å². The topological polar surface area (TPSA) is 47.9 Å². The molecule has 0 heterocycles. The molecule has 0 fully saturated rings. The van der Waals surface area contributed by atoms with E-state index in [4.69, 9.17) is 13.9 Å². The van der Waals surface area contributed by atoms with E-state index in [-0.39, 0.29) is 29.9 Å². The Morgan fingerprint density at radius 3 is 2.20 bits per heavy atom. The van der Waals surface area contributed by atoms with Crippen molar-refractivity contribution in [1.29, 1.82) is 0 Å². The van der Waals surface area contributed by atoms with Crippen molar-refractivity contribution < 1.29 is 32.2 Å². The first kappa shape index (κ1) is 31.5. The molecule has 3 atom stereocenters. The molecule has 0 aromatic heterocycles. The Kier molecular flexibility index (Phi) is 12.8. The molecule has 0 saturated heterocycles. The third kappa shape index (κ3) is 13.4. The fourth-order valence-electron chi connectivity index (χ4n) is 2.72. The zero-order chi connectivity index (χ0) is 26.7. The predicted octanol–water partition coefficient (Wildman–Crippen LogP) is 6.97. The lowest BCUT2D eigenvalue weighted by Gasteiger charge is -2.36. The molecule has 1 rings (SSSR count). The summed E-state index contributed by atoms with van der Waals surface area (Å²) in [5.74, 6) is 6.65. The maximum atomic E-state index is 12.1. The number of aliphatic hydroxyl groups is 1. The van der Waals surface area contributed by atoms with E-state index in [1.54, 1.807) is 12.1 Å². The number of hydrogen-bond donors (Lipinski definition) is 1. The highest BCUT2D eigenvalue weighted by molar-refractivity contribution is 6.74. The number of hydrogen-bond acceptors (Lipinski definition) is 4. The van der Waals surface area contributed by atoms with Gasteiger partial charge in [0, 0.05) is 25.6 Å². The van der Waals surface area contributed by atoms with Gasteiger partial charge in [-0.05, 0) is 61.5 Å². The Labute approximate surface area is 210 Å². The molecule has 0 saturated carbocycles. The monoisotopic (exact) mass is 516 g/mol. The van der Waals surface area contributed by atoms with Crippen LogP contribution in [0.25, 0.3) is 0 Å². The smallest absolute Gasteiger partial charge is 0.389 e. The predicted molar refractivity (Wildman–Crippen MR) is 137 cm³/mol. The van der Waals surface area contributed by atoms with Gasteiger partial charge < -0.3 is 19.0 Å². The van der Waals surface area contributed by atoms with Gasteiger partial charge in [-0.25, -0.2) is 0 Å². The molecule has 0 amide bonds. The lowest BCUT2D eigenvalue weighted by atomic mass is 10.0. The van der Waals surface area contributed by atoms with E-state index < -0.39 is 27.0 Å². The van der Waals surface area contributed by atoms with Gasteiger partial charge in [-0.1, -0.05) is 51.7 Å². The largest absolute Gasteiger partial charge is 0.494 e. The highest BCUT2D eigenvalue weighted by Crippen LogP contribution is 2.36. The van der Waals surface area contributed by atoms with Crippen LogP contribution in [0.1, 0.15) is 59.4 Å². The van der Waals surface area contributed by atoms with Gasteiger partial charge in [0.05, 0.1) is 13.2 Å². The number of ether oxygens (including phenoxy) is 2. The van der Waals surface area contributed by atoms with Crippen molar-refractivity contribution >= 4 is 8.32 Å². The molecule has 1 N–H and O–H groups in total. The third-order valence-corrected chi connectivity index (χ3v) is 10.8. The van der Waals surface area contributed by atoms with Crippen molar-refractivity contribution in [2.75, 3.05) is 19.8 Å². The summed E-state index contributed by atoms with van der Waals surface area (Å²) in [6, 6.07) is 7.11. The van der Waals surface area contributed by atoms with Crippen LogP contribution in [-0.4, -0.2) is 45.5 Å². The van der Waals surface area contributed by atoms with Crippen LogP contribution in [0.15, 0.2) is 24.3 Å². The minimum absolute atomic E-state index is 0.0246. The zero-order valence-corrected chi connectivity index (χ0v) is 23.3. The van der Waals surface area contributed by atoms with Gasteiger partial charge in [-0.15, -0.1) is 0 Å². The molecule has 1 aromatic rings. The highest BCUT2D eigenvalue weighted by atomic mass is 28.4. The second kappa shape index (κ2) is 14.3. The molecule has 1 aromatic carbocycles. The fraction of sp³-hybridized carbons (Fsp3) is 0.704. The first-order valence-corrected chi connectivity index (χ1v) is 15.2. The molecule has 0 aliphatic carbocycles. The minimum Gasteiger partial charge on any atom is -0.494 e. The molecule has 1 unspecified atom stereocenters. The molecule has 4 nitrogen and oxygen atoms in total. The average molecular weight is 517 g/mol. The summed E-state index contributed by atoms with van der Waals surface area (Å²) < 4.78 is 53.7. The van der Waals surface area contributed by atoms with Crippen molar-refractivity contribution in [3.05, 3.63) is 29.8 Å². The lowest BCUT2D eigenvalue weighted by Crippen LogP contribution is -2.41. The molecule has 8 heteroatoms. The van der Waals surface area contributed by atoms with Gasteiger partial charge >= 0.3 is 6.18 Å². The average Bonchev–Trinajstić information content (AvgIpc) is 2.76. The SMILES string of the molecule is C[C@@H](C#CC(O)[C@@H](C)CCOCc1ccc(OCCCC(F)(F)F)cc1)CO[Si](C)(C)C(C)(C)C. The summed E-state index contributed by atoms with van der Waals surface area (Å²) in [5, 5.41) is 10.5. The molecule has 35 heavy (non-hydrogen) atoms. The number of rotatable bonds is 13. The van der Waals surface area contributed by atoms with Gasteiger partial charge in [0.15, 0.2) is 8.32 Å². The molecular weight excluding hydrogens is 473 g/mol. The van der Waals surface area contributed by atoms with E-state index in [0.717, 1.165) is 5.56 Å². The second-order valence-corrected chi connectivity index (χ2v) is 15.5. The van der Waals surface area contributed by atoms with Crippen molar-refractivity contribution in [2.45, 2.75) is 90.9 Å². The van der Waals surface area contributed by atoms with Crippen LogP contribution in [0.4, 0.5) is 13.2 Å². The van der Waals surface area contributed by atoms with Crippen molar-refractivity contribution in [3.63, 3.8) is 0 Å². The quantitative estimate of drug-likeness (QED) is 0.175. The fourth-order valence-corrected chi connectivity index (χ4v) is 3.82. The Balaban J connectivity index is 2.30. The Morgan fingerprint density at radius 2 is 1.63 bits per heavy atom. The van der Waals surface area contributed by atoms with E-state index in [2.05, 4.69) is 45.7 Å².